The largest absolute Gasteiger partial charge is 0.397 e. The summed E-state index contributed by atoms with van der Waals surface area (Å²) < 4.78 is 0. The number of H-pyrrole nitrogens is 1. The summed E-state index contributed by atoms with van der Waals surface area (Å²) >= 11 is 0. The SMILES string of the molecule is Cl.Cl.Nc1cccc2[nH]cnc12. The summed E-state index contributed by atoms with van der Waals surface area (Å²) in [5.41, 5.74) is 8.17. The number of anilines is 1. The lowest BCUT2D eigenvalue weighted by atomic mass is 10.3. The normalized spacial score (nSPS) is 8.67. The van der Waals surface area contributed by atoms with Gasteiger partial charge in [0, 0.05) is 0 Å². The van der Waals surface area contributed by atoms with Crippen molar-refractivity contribution >= 4 is 41.5 Å². The first kappa shape index (κ1) is 11.1. The molecule has 0 unspecified atom stereocenters. The second kappa shape index (κ2) is 4.18. The summed E-state index contributed by atoms with van der Waals surface area (Å²) in [6, 6.07) is 5.68. The highest BCUT2D eigenvalue weighted by Crippen LogP contribution is 2.15. The molecular weight excluding hydrogens is 197 g/mol. The Balaban J connectivity index is 0.000000605. The van der Waals surface area contributed by atoms with Crippen molar-refractivity contribution in [1.29, 1.82) is 0 Å². The van der Waals surface area contributed by atoms with Crippen LogP contribution < -0.4 is 5.73 Å². The molecule has 1 aromatic carbocycles. The molecule has 0 aliphatic rings. The number of nitrogens with one attached hydrogen (secondary N) is 1. The van der Waals surface area contributed by atoms with Crippen molar-refractivity contribution in [3.63, 3.8) is 0 Å². The molecule has 1 heterocycles. The number of nitrogen functional groups attached to an aromatic ring is 1. The molecule has 0 radical (unpaired) electrons. The van der Waals surface area contributed by atoms with Crippen LogP contribution in [0, 0.1) is 0 Å². The van der Waals surface area contributed by atoms with E-state index in [4.69, 9.17) is 5.73 Å². The second-order valence-corrected chi connectivity index (χ2v) is 2.15. The van der Waals surface area contributed by atoms with Crippen molar-refractivity contribution in [2.75, 3.05) is 5.73 Å². The summed E-state index contributed by atoms with van der Waals surface area (Å²) in [4.78, 5) is 7.01. The summed E-state index contributed by atoms with van der Waals surface area (Å²) in [5, 5.41) is 0. The topological polar surface area (TPSA) is 54.7 Å². The fraction of sp³-hybridized carbons (Fsp3) is 0. The van der Waals surface area contributed by atoms with Crippen LogP contribution in [0.4, 0.5) is 5.69 Å². The molecule has 12 heavy (non-hydrogen) atoms. The quantitative estimate of drug-likeness (QED) is 0.647. The maximum atomic E-state index is 5.62. The minimum Gasteiger partial charge on any atom is -0.397 e. The summed E-state index contributed by atoms with van der Waals surface area (Å²) in [6.45, 7) is 0. The number of hydrogen-bond acceptors (Lipinski definition) is 2. The number of imidazole rings is 1. The van der Waals surface area contributed by atoms with Crippen molar-refractivity contribution in [3.05, 3.63) is 24.5 Å². The molecule has 5 heteroatoms. The van der Waals surface area contributed by atoms with E-state index in [1.54, 1.807) is 6.33 Å². The molecule has 0 bridgehead atoms. The highest BCUT2D eigenvalue weighted by molar-refractivity contribution is 5.86. The minimum atomic E-state index is 0. The molecule has 0 saturated heterocycles. The summed E-state index contributed by atoms with van der Waals surface area (Å²) in [7, 11) is 0. The average molecular weight is 206 g/mol. The molecule has 0 atom stereocenters. The zero-order valence-corrected chi connectivity index (χ0v) is 7.78. The smallest absolute Gasteiger partial charge is 0.111 e. The van der Waals surface area contributed by atoms with Crippen LogP contribution in [-0.4, -0.2) is 9.97 Å². The third-order valence-electron chi connectivity index (χ3n) is 1.48. The van der Waals surface area contributed by atoms with Crippen molar-refractivity contribution < 1.29 is 0 Å². The van der Waals surface area contributed by atoms with E-state index >= 15 is 0 Å². The second-order valence-electron chi connectivity index (χ2n) is 2.15. The molecule has 3 N–H and O–H groups in total. The Labute approximate surface area is 82.2 Å². The Morgan fingerprint density at radius 2 is 2.00 bits per heavy atom. The summed E-state index contributed by atoms with van der Waals surface area (Å²) in [5.74, 6) is 0. The van der Waals surface area contributed by atoms with Crippen LogP contribution >= 0.6 is 24.8 Å². The number of rotatable bonds is 0. The average Bonchev–Trinajstić information content (AvgIpc) is 2.36. The van der Waals surface area contributed by atoms with Gasteiger partial charge in [0.25, 0.3) is 0 Å². The standard InChI is InChI=1S/C7H7N3.2ClH/c8-5-2-1-3-6-7(5)10-4-9-6;;/h1-4H,8H2,(H,9,10);2*1H. The van der Waals surface area contributed by atoms with Gasteiger partial charge in [-0.05, 0) is 12.1 Å². The Kier molecular flexibility index (Phi) is 3.86. The number of nitrogens with two attached hydrogens (primary N) is 1. The molecule has 0 saturated carbocycles. The number of nitrogens with zero attached hydrogens (tertiary/aromatic N) is 1. The highest BCUT2D eigenvalue weighted by Gasteiger charge is 1.96. The van der Waals surface area contributed by atoms with E-state index in [1.165, 1.54) is 0 Å². The molecular formula is C7H9Cl2N3. The Hall–Kier alpha value is -0.930. The molecule has 66 valence electrons. The van der Waals surface area contributed by atoms with Gasteiger partial charge < -0.3 is 10.7 Å². The molecule has 0 spiro atoms. The predicted molar refractivity (Wildman–Crippen MR) is 55.0 cm³/mol. The lowest BCUT2D eigenvalue weighted by Gasteiger charge is -1.90. The first-order valence-corrected chi connectivity index (χ1v) is 3.05. The molecule has 0 amide bonds. The van der Waals surface area contributed by atoms with Gasteiger partial charge in [-0.15, -0.1) is 24.8 Å². The number of benzene rings is 1. The van der Waals surface area contributed by atoms with E-state index in [0.717, 1.165) is 16.7 Å². The van der Waals surface area contributed by atoms with Crippen LogP contribution in [0.3, 0.4) is 0 Å². The van der Waals surface area contributed by atoms with Gasteiger partial charge in [-0.2, -0.15) is 0 Å². The zero-order chi connectivity index (χ0) is 6.97. The first-order chi connectivity index (χ1) is 4.88. The molecule has 3 nitrogen and oxygen atoms in total. The molecule has 0 aliphatic carbocycles. The lowest BCUT2D eigenvalue weighted by Crippen LogP contribution is -1.84. The number of fused-ring (bicyclic) bond motifs is 1. The summed E-state index contributed by atoms with van der Waals surface area (Å²) in [6.07, 6.45) is 1.64. The number of aromatic amines is 1. The van der Waals surface area contributed by atoms with Crippen molar-refractivity contribution in [2.45, 2.75) is 0 Å². The third-order valence-corrected chi connectivity index (χ3v) is 1.48. The van der Waals surface area contributed by atoms with Crippen LogP contribution in [-0.2, 0) is 0 Å². The van der Waals surface area contributed by atoms with E-state index in [0.29, 0.717) is 0 Å². The molecule has 0 aliphatic heterocycles. The number of hydrogen-bond donors (Lipinski definition) is 2. The monoisotopic (exact) mass is 205 g/mol. The highest BCUT2D eigenvalue weighted by atomic mass is 35.5. The first-order valence-electron chi connectivity index (χ1n) is 3.05. The Morgan fingerprint density at radius 1 is 1.25 bits per heavy atom. The maximum Gasteiger partial charge on any atom is 0.111 e. The fourth-order valence-electron chi connectivity index (χ4n) is 0.988. The number of halogens is 2. The Morgan fingerprint density at radius 3 is 2.67 bits per heavy atom. The molecule has 2 rings (SSSR count). The molecule has 0 fully saturated rings. The van der Waals surface area contributed by atoms with Gasteiger partial charge >= 0.3 is 0 Å². The molecule has 1 aromatic heterocycles. The number of aromatic nitrogens is 2. The zero-order valence-electron chi connectivity index (χ0n) is 6.15. The van der Waals surface area contributed by atoms with E-state index in [9.17, 15) is 0 Å². The van der Waals surface area contributed by atoms with Crippen LogP contribution in [0.25, 0.3) is 11.0 Å². The van der Waals surface area contributed by atoms with Crippen LogP contribution in [0.1, 0.15) is 0 Å². The predicted octanol–water partition coefficient (Wildman–Crippen LogP) is 1.99. The van der Waals surface area contributed by atoms with Crippen LogP contribution in [0.2, 0.25) is 0 Å². The van der Waals surface area contributed by atoms with Gasteiger partial charge in [0.15, 0.2) is 0 Å². The van der Waals surface area contributed by atoms with E-state index in [-0.39, 0.29) is 24.8 Å². The van der Waals surface area contributed by atoms with Gasteiger partial charge in [0.1, 0.15) is 5.52 Å². The van der Waals surface area contributed by atoms with Crippen molar-refractivity contribution in [1.82, 2.24) is 9.97 Å². The van der Waals surface area contributed by atoms with Gasteiger partial charge in [-0.3, -0.25) is 0 Å². The third kappa shape index (κ3) is 1.62. The van der Waals surface area contributed by atoms with Crippen molar-refractivity contribution in [3.8, 4) is 0 Å². The fourth-order valence-corrected chi connectivity index (χ4v) is 0.988. The van der Waals surface area contributed by atoms with Crippen LogP contribution in [0.5, 0.6) is 0 Å². The number of para-hydroxylation sites is 1. The van der Waals surface area contributed by atoms with Crippen LogP contribution in [0.15, 0.2) is 24.5 Å². The van der Waals surface area contributed by atoms with E-state index < -0.39 is 0 Å². The van der Waals surface area contributed by atoms with E-state index in [1.807, 2.05) is 18.2 Å². The van der Waals surface area contributed by atoms with Gasteiger partial charge in [0.05, 0.1) is 17.5 Å². The maximum absolute atomic E-state index is 5.62. The minimum absolute atomic E-state index is 0. The lowest BCUT2D eigenvalue weighted by molar-refractivity contribution is 1.34. The van der Waals surface area contributed by atoms with E-state index in [2.05, 4.69) is 9.97 Å². The van der Waals surface area contributed by atoms with Crippen molar-refractivity contribution in [2.24, 2.45) is 0 Å². The van der Waals surface area contributed by atoms with Gasteiger partial charge in [-0.1, -0.05) is 6.07 Å². The Bertz CT molecular complexity index is 358. The van der Waals surface area contributed by atoms with Gasteiger partial charge in [0.2, 0.25) is 0 Å². The van der Waals surface area contributed by atoms with Gasteiger partial charge in [-0.25, -0.2) is 4.98 Å². The molecule has 2 aromatic rings.